The van der Waals surface area contributed by atoms with Crippen molar-refractivity contribution in [3.63, 3.8) is 0 Å². The monoisotopic (exact) mass is 391 g/mol. The molecule has 0 aromatic rings. The molecule has 0 saturated heterocycles. The summed E-state index contributed by atoms with van der Waals surface area (Å²) in [6, 6.07) is 0. The third kappa shape index (κ3) is 14.2. The second-order valence-corrected chi connectivity index (χ2v) is 4.22. The Kier molecular flexibility index (Phi) is 14.4. The number of methoxy groups -OCH3 is 1. The first kappa shape index (κ1) is 19.0. The van der Waals surface area contributed by atoms with E-state index in [0.29, 0.717) is 39.5 Å². The van der Waals surface area contributed by atoms with E-state index in [0.717, 1.165) is 0 Å². The van der Waals surface area contributed by atoms with Gasteiger partial charge in [0.1, 0.15) is 6.10 Å². The maximum atomic E-state index is 10.8. The lowest BCUT2D eigenvalue weighted by molar-refractivity contribution is -0.120. The smallest absolute Gasteiger partial charge is 0.230 e. The van der Waals surface area contributed by atoms with Crippen LogP contribution >= 0.6 is 22.9 Å². The molecule has 0 rings (SSSR count). The molecule has 2 N–H and O–H groups in total. The minimum atomic E-state index is -0.600. The SMILES string of the molecule is COCC(O)COCCOCCOCCC(=O)NI. The van der Waals surface area contributed by atoms with E-state index < -0.39 is 6.10 Å². The van der Waals surface area contributed by atoms with Gasteiger partial charge in [-0.1, -0.05) is 0 Å². The van der Waals surface area contributed by atoms with Gasteiger partial charge in [-0.25, -0.2) is 0 Å². The average Bonchev–Trinajstić information content (AvgIpc) is 2.40. The zero-order chi connectivity index (χ0) is 14.3. The van der Waals surface area contributed by atoms with Crippen LogP contribution in [0.15, 0.2) is 0 Å². The van der Waals surface area contributed by atoms with Gasteiger partial charge in [-0.05, 0) is 0 Å². The van der Waals surface area contributed by atoms with E-state index >= 15 is 0 Å². The van der Waals surface area contributed by atoms with Crippen molar-refractivity contribution in [2.45, 2.75) is 12.5 Å². The van der Waals surface area contributed by atoms with Crippen LogP contribution in [0.3, 0.4) is 0 Å². The summed E-state index contributed by atoms with van der Waals surface area (Å²) in [6.07, 6.45) is -0.249. The molecule has 1 amide bonds. The number of hydrogen-bond donors (Lipinski definition) is 2. The molecule has 0 saturated carbocycles. The molecule has 0 radical (unpaired) electrons. The van der Waals surface area contributed by atoms with E-state index in [1.165, 1.54) is 7.11 Å². The lowest BCUT2D eigenvalue weighted by Gasteiger charge is -2.10. The number of ether oxygens (including phenoxy) is 4. The van der Waals surface area contributed by atoms with Gasteiger partial charge in [-0.15, -0.1) is 0 Å². The van der Waals surface area contributed by atoms with Crippen molar-refractivity contribution in [3.8, 4) is 0 Å². The number of amides is 1. The van der Waals surface area contributed by atoms with Crippen LogP contribution in [-0.2, 0) is 23.7 Å². The summed E-state index contributed by atoms with van der Waals surface area (Å²) in [4.78, 5) is 10.8. The minimum absolute atomic E-state index is 0.0514. The zero-order valence-electron chi connectivity index (χ0n) is 11.1. The molecule has 0 spiro atoms. The van der Waals surface area contributed by atoms with Gasteiger partial charge < -0.3 is 24.1 Å². The number of aliphatic hydroxyl groups is 1. The molecule has 0 fully saturated rings. The highest BCUT2D eigenvalue weighted by Gasteiger charge is 2.02. The van der Waals surface area contributed by atoms with Crippen molar-refractivity contribution in [3.05, 3.63) is 0 Å². The first-order valence-electron chi connectivity index (χ1n) is 6.00. The molecule has 0 aromatic carbocycles. The first-order chi connectivity index (χ1) is 9.20. The number of halogens is 1. The largest absolute Gasteiger partial charge is 0.388 e. The van der Waals surface area contributed by atoms with Gasteiger partial charge in [-0.3, -0.25) is 8.32 Å². The minimum Gasteiger partial charge on any atom is -0.388 e. The molecule has 7 nitrogen and oxygen atoms in total. The van der Waals surface area contributed by atoms with Crippen LogP contribution < -0.4 is 3.53 Å². The molecular weight excluding hydrogens is 369 g/mol. The molecule has 1 atom stereocenters. The summed E-state index contributed by atoms with van der Waals surface area (Å²) in [5.74, 6) is -0.0514. The van der Waals surface area contributed by atoms with Crippen LogP contribution in [0.1, 0.15) is 6.42 Å². The summed E-state index contributed by atoms with van der Waals surface area (Å²) in [7, 11) is 1.52. The topological polar surface area (TPSA) is 86.2 Å². The van der Waals surface area contributed by atoms with Crippen molar-refractivity contribution < 1.29 is 28.8 Å². The standard InChI is InChI=1S/C11H22INO6/c1-16-8-10(14)9-19-7-6-18-5-4-17-3-2-11(15)13-12/h10,14H,2-9H2,1H3,(H,13,15). The number of hydrogen-bond acceptors (Lipinski definition) is 6. The van der Waals surface area contributed by atoms with Crippen LogP contribution in [0.25, 0.3) is 0 Å². The highest BCUT2D eigenvalue weighted by molar-refractivity contribution is 14.1. The van der Waals surface area contributed by atoms with Crippen LogP contribution in [0, 0.1) is 0 Å². The summed E-state index contributed by atoms with van der Waals surface area (Å²) >= 11 is 1.79. The Morgan fingerprint density at radius 1 is 1.11 bits per heavy atom. The van der Waals surface area contributed by atoms with E-state index in [9.17, 15) is 9.90 Å². The van der Waals surface area contributed by atoms with Gasteiger partial charge in [0.2, 0.25) is 5.91 Å². The van der Waals surface area contributed by atoms with Gasteiger partial charge in [0.05, 0.1) is 75.5 Å². The number of aliphatic hydroxyl groups excluding tert-OH is 1. The Morgan fingerprint density at radius 2 is 1.68 bits per heavy atom. The van der Waals surface area contributed by atoms with Crippen molar-refractivity contribution in [2.24, 2.45) is 0 Å². The quantitative estimate of drug-likeness (QED) is 0.259. The van der Waals surface area contributed by atoms with E-state index in [1.807, 2.05) is 0 Å². The van der Waals surface area contributed by atoms with Gasteiger partial charge in [0, 0.05) is 7.11 Å². The molecular formula is C11H22INO6. The van der Waals surface area contributed by atoms with Gasteiger partial charge in [-0.2, -0.15) is 0 Å². The van der Waals surface area contributed by atoms with E-state index in [1.54, 1.807) is 22.9 Å². The lowest BCUT2D eigenvalue weighted by atomic mass is 10.4. The van der Waals surface area contributed by atoms with Crippen molar-refractivity contribution >= 4 is 28.8 Å². The Balaban J connectivity index is 3.09. The van der Waals surface area contributed by atoms with Crippen LogP contribution in [0.5, 0.6) is 0 Å². The Bertz CT molecular complexity index is 219. The first-order valence-corrected chi connectivity index (χ1v) is 7.08. The Hall–Kier alpha value is 0. The fourth-order valence-corrected chi connectivity index (χ4v) is 1.38. The number of nitrogens with one attached hydrogen (secondary N) is 1. The molecule has 0 aliphatic heterocycles. The fraction of sp³-hybridized carbons (Fsp3) is 0.909. The predicted molar refractivity (Wildman–Crippen MR) is 77.1 cm³/mol. The zero-order valence-corrected chi connectivity index (χ0v) is 13.3. The lowest BCUT2D eigenvalue weighted by Crippen LogP contribution is -2.22. The van der Waals surface area contributed by atoms with E-state index in [-0.39, 0.29) is 19.1 Å². The molecule has 0 aliphatic carbocycles. The molecule has 114 valence electrons. The van der Waals surface area contributed by atoms with E-state index in [4.69, 9.17) is 18.9 Å². The number of rotatable bonds is 13. The van der Waals surface area contributed by atoms with Crippen LogP contribution in [-0.4, -0.2) is 70.5 Å². The highest BCUT2D eigenvalue weighted by atomic mass is 127. The van der Waals surface area contributed by atoms with Crippen LogP contribution in [0.2, 0.25) is 0 Å². The summed E-state index contributed by atoms with van der Waals surface area (Å²) in [5, 5.41) is 9.27. The molecule has 19 heavy (non-hydrogen) atoms. The van der Waals surface area contributed by atoms with Gasteiger partial charge >= 0.3 is 0 Å². The maximum absolute atomic E-state index is 10.8. The fourth-order valence-electron chi connectivity index (χ4n) is 1.11. The third-order valence-electron chi connectivity index (χ3n) is 1.99. The maximum Gasteiger partial charge on any atom is 0.230 e. The second-order valence-electron chi connectivity index (χ2n) is 3.68. The van der Waals surface area contributed by atoms with Crippen molar-refractivity contribution in [1.29, 1.82) is 0 Å². The average molecular weight is 391 g/mol. The number of carbonyl (C=O) groups is 1. The second kappa shape index (κ2) is 14.4. The molecule has 0 bridgehead atoms. The van der Waals surface area contributed by atoms with Gasteiger partial charge in [0.25, 0.3) is 0 Å². The third-order valence-corrected chi connectivity index (χ3v) is 2.59. The molecule has 1 unspecified atom stereocenters. The molecule has 8 heteroatoms. The van der Waals surface area contributed by atoms with Crippen molar-refractivity contribution in [1.82, 2.24) is 3.53 Å². The normalized spacial score (nSPS) is 12.4. The summed E-state index contributed by atoms with van der Waals surface area (Å²) in [6.45, 7) is 2.64. The molecule has 0 heterocycles. The summed E-state index contributed by atoms with van der Waals surface area (Å²) in [5.41, 5.74) is 0. The van der Waals surface area contributed by atoms with Crippen molar-refractivity contribution in [2.75, 3.05) is 53.4 Å². The Morgan fingerprint density at radius 3 is 2.26 bits per heavy atom. The van der Waals surface area contributed by atoms with E-state index in [2.05, 4.69) is 3.53 Å². The number of carbonyl (C=O) groups excluding carboxylic acids is 1. The predicted octanol–water partition coefficient (Wildman–Crippen LogP) is -0.100. The van der Waals surface area contributed by atoms with Crippen LogP contribution in [0.4, 0.5) is 0 Å². The Labute approximate surface area is 127 Å². The summed E-state index contributed by atoms with van der Waals surface area (Å²) < 4.78 is 22.8. The molecule has 0 aromatic heterocycles. The highest BCUT2D eigenvalue weighted by Crippen LogP contribution is 1.88. The molecule has 0 aliphatic rings. The van der Waals surface area contributed by atoms with Gasteiger partial charge in [0.15, 0.2) is 0 Å².